The average Bonchev–Trinajstić information content (AvgIpc) is 3.43. The molecule has 0 aliphatic carbocycles. The van der Waals surface area contributed by atoms with Crippen LogP contribution in [-0.2, 0) is 33.2 Å². The van der Waals surface area contributed by atoms with E-state index in [0.717, 1.165) is 57.8 Å². The molecule has 77 heavy (non-hydrogen) atoms. The van der Waals surface area contributed by atoms with Gasteiger partial charge >= 0.3 is 0 Å². The minimum atomic E-state index is -1.98. The SMILES string of the molecule is CC/C=C\C/C=C\C/C=C\CCCCCC(=O)NC(COC1OC(CO)C(OC2OC(CO)C(OC3OC(CO)C(O)C(O)C3O)C(O)C2O)C(O)C1O)C(O)/C=C/CC/C=C/CCCCCCCCCCCCCCC. The molecule has 3 aliphatic heterocycles. The number of carbonyl (C=O) groups excluding carboxylic acids is 1. The van der Waals surface area contributed by atoms with E-state index in [0.29, 0.717) is 12.8 Å². The monoisotopic (exact) mass is 1100 g/mol. The maximum Gasteiger partial charge on any atom is 0.220 e. The van der Waals surface area contributed by atoms with Crippen LogP contribution in [0.25, 0.3) is 0 Å². The number of rotatable bonds is 41. The molecule has 19 heteroatoms. The van der Waals surface area contributed by atoms with E-state index in [-0.39, 0.29) is 18.9 Å². The minimum absolute atomic E-state index is 0.198. The van der Waals surface area contributed by atoms with Crippen LogP contribution < -0.4 is 5.32 Å². The van der Waals surface area contributed by atoms with E-state index in [1.807, 2.05) is 6.08 Å². The Labute approximate surface area is 458 Å². The van der Waals surface area contributed by atoms with Crippen LogP contribution in [0.2, 0.25) is 0 Å². The lowest BCUT2D eigenvalue weighted by Crippen LogP contribution is -2.66. The molecule has 446 valence electrons. The number of ether oxygens (including phenoxy) is 6. The second kappa shape index (κ2) is 41.5. The summed E-state index contributed by atoms with van der Waals surface area (Å²) in [5.74, 6) is -0.318. The Balaban J connectivity index is 1.54. The fraction of sp³-hybridized carbons (Fsp3) is 0.810. The van der Waals surface area contributed by atoms with Crippen molar-refractivity contribution in [2.45, 2.75) is 272 Å². The number of aliphatic hydroxyl groups excluding tert-OH is 11. The molecule has 12 N–H and O–H groups in total. The number of aliphatic hydroxyl groups is 11. The van der Waals surface area contributed by atoms with Crippen LogP contribution in [-0.4, -0.2) is 193 Å². The Morgan fingerprint density at radius 2 is 0.909 bits per heavy atom. The molecule has 3 heterocycles. The molecular weight excluding hydrogens is 999 g/mol. The number of allylic oxidation sites excluding steroid dienone is 9. The zero-order chi connectivity index (χ0) is 56.2. The second-order valence-electron chi connectivity index (χ2n) is 20.7. The maximum atomic E-state index is 13.3. The van der Waals surface area contributed by atoms with Crippen molar-refractivity contribution >= 4 is 5.91 Å². The summed E-state index contributed by atoms with van der Waals surface area (Å²) in [7, 11) is 0. The van der Waals surface area contributed by atoms with Crippen molar-refractivity contribution in [2.75, 3.05) is 26.4 Å². The van der Waals surface area contributed by atoms with Crippen molar-refractivity contribution in [3.63, 3.8) is 0 Å². The van der Waals surface area contributed by atoms with Crippen LogP contribution in [0.15, 0.2) is 60.8 Å². The first-order valence-corrected chi connectivity index (χ1v) is 29.0. The first-order chi connectivity index (χ1) is 37.3. The molecule has 0 aromatic heterocycles. The van der Waals surface area contributed by atoms with E-state index in [1.54, 1.807) is 6.08 Å². The first kappa shape index (κ1) is 68.8. The van der Waals surface area contributed by atoms with Gasteiger partial charge < -0.3 is 89.9 Å². The molecule has 17 atom stereocenters. The van der Waals surface area contributed by atoms with Crippen molar-refractivity contribution in [1.29, 1.82) is 0 Å². The Bertz CT molecular complexity index is 1650. The van der Waals surface area contributed by atoms with E-state index in [1.165, 1.54) is 77.0 Å². The number of hydrogen-bond donors (Lipinski definition) is 12. The molecule has 17 unspecified atom stereocenters. The zero-order valence-corrected chi connectivity index (χ0v) is 46.2. The first-order valence-electron chi connectivity index (χ1n) is 29.0. The average molecular weight is 1100 g/mol. The number of amides is 1. The summed E-state index contributed by atoms with van der Waals surface area (Å²) in [6.45, 7) is 1.54. The van der Waals surface area contributed by atoms with Gasteiger partial charge in [0.2, 0.25) is 5.91 Å². The Hall–Kier alpha value is -2.51. The van der Waals surface area contributed by atoms with E-state index in [4.69, 9.17) is 28.4 Å². The Morgan fingerprint density at radius 1 is 0.481 bits per heavy atom. The number of unbranched alkanes of at least 4 members (excludes halogenated alkanes) is 17. The zero-order valence-electron chi connectivity index (χ0n) is 46.2. The van der Waals surface area contributed by atoms with Gasteiger partial charge in [-0.15, -0.1) is 0 Å². The molecule has 3 aliphatic rings. The molecule has 0 aromatic rings. The van der Waals surface area contributed by atoms with E-state index in [2.05, 4.69) is 67.8 Å². The molecule has 0 spiro atoms. The third kappa shape index (κ3) is 25.9. The van der Waals surface area contributed by atoms with Gasteiger partial charge in [0.25, 0.3) is 0 Å². The van der Waals surface area contributed by atoms with Crippen LogP contribution in [0.5, 0.6) is 0 Å². The molecule has 0 saturated carbocycles. The van der Waals surface area contributed by atoms with Gasteiger partial charge in [0.05, 0.1) is 38.6 Å². The highest BCUT2D eigenvalue weighted by molar-refractivity contribution is 5.76. The van der Waals surface area contributed by atoms with Gasteiger partial charge in [0.1, 0.15) is 73.2 Å². The largest absolute Gasteiger partial charge is 0.394 e. The molecule has 3 rings (SSSR count). The van der Waals surface area contributed by atoms with Crippen LogP contribution in [0.3, 0.4) is 0 Å². The van der Waals surface area contributed by atoms with Crippen LogP contribution in [0, 0.1) is 0 Å². The number of nitrogens with one attached hydrogen (secondary N) is 1. The highest BCUT2D eigenvalue weighted by atomic mass is 16.8. The summed E-state index contributed by atoms with van der Waals surface area (Å²) in [6, 6.07) is -1.01. The van der Waals surface area contributed by atoms with Crippen molar-refractivity contribution in [1.82, 2.24) is 5.32 Å². The summed E-state index contributed by atoms with van der Waals surface area (Å²) in [4.78, 5) is 13.3. The number of hydrogen-bond acceptors (Lipinski definition) is 18. The summed E-state index contributed by atoms with van der Waals surface area (Å²) >= 11 is 0. The predicted octanol–water partition coefficient (Wildman–Crippen LogP) is 4.48. The third-order valence-corrected chi connectivity index (χ3v) is 14.3. The Morgan fingerprint density at radius 3 is 1.45 bits per heavy atom. The highest BCUT2D eigenvalue weighted by Crippen LogP contribution is 2.33. The fourth-order valence-electron chi connectivity index (χ4n) is 9.51. The highest BCUT2D eigenvalue weighted by Gasteiger charge is 2.53. The third-order valence-electron chi connectivity index (χ3n) is 14.3. The van der Waals surface area contributed by atoms with Gasteiger partial charge in [-0.2, -0.15) is 0 Å². The molecule has 0 aromatic carbocycles. The van der Waals surface area contributed by atoms with Gasteiger partial charge in [-0.05, 0) is 64.2 Å². The minimum Gasteiger partial charge on any atom is -0.394 e. The van der Waals surface area contributed by atoms with Crippen molar-refractivity contribution < 1.29 is 89.4 Å². The lowest BCUT2D eigenvalue weighted by Gasteiger charge is -2.48. The van der Waals surface area contributed by atoms with Crippen molar-refractivity contribution in [3.05, 3.63) is 60.8 Å². The summed E-state index contributed by atoms with van der Waals surface area (Å²) in [5, 5.41) is 120. The normalized spacial score (nSPS) is 31.2. The lowest BCUT2D eigenvalue weighted by molar-refractivity contribution is -0.379. The molecule has 1 amide bonds. The molecule has 0 bridgehead atoms. The number of carbonyl (C=O) groups is 1. The maximum absolute atomic E-state index is 13.3. The predicted molar refractivity (Wildman–Crippen MR) is 291 cm³/mol. The van der Waals surface area contributed by atoms with Gasteiger partial charge in [0.15, 0.2) is 18.9 Å². The van der Waals surface area contributed by atoms with E-state index >= 15 is 0 Å². The quantitative estimate of drug-likeness (QED) is 0.0297. The summed E-state index contributed by atoms with van der Waals surface area (Å²) in [5.41, 5.74) is 0. The summed E-state index contributed by atoms with van der Waals surface area (Å²) < 4.78 is 34.2. The standard InChI is InChI=1S/C58H101NO18/c1-3-5-7-9-11-13-15-17-18-19-20-21-22-24-25-27-29-31-33-35-42(63)41(59-46(64)36-34-32-30-28-26-23-16-14-12-10-8-6-4-2)40-72-56-52(70)49(67)54(44(38-61)74-56)77-58-53(71)50(68)55(45(39-62)75-58)76-57-51(69)48(66)47(65)43(37-60)73-57/h6,8,12,14,23,25-27,33,35,41-45,47-58,60-63,65-71H,3-5,7,9-11,13,15-22,24,28-32,34,36-40H2,1-2H3,(H,59,64)/b8-6-,14-12-,26-23-,27-25+,35-33+. The van der Waals surface area contributed by atoms with Crippen LogP contribution >= 0.6 is 0 Å². The second-order valence-corrected chi connectivity index (χ2v) is 20.7. The van der Waals surface area contributed by atoms with Gasteiger partial charge in [-0.25, -0.2) is 0 Å². The van der Waals surface area contributed by atoms with Gasteiger partial charge in [-0.1, -0.05) is 158 Å². The van der Waals surface area contributed by atoms with Crippen LogP contribution in [0.1, 0.15) is 168 Å². The summed E-state index contributed by atoms with van der Waals surface area (Å²) in [6.07, 6.45) is 19.3. The molecule has 3 saturated heterocycles. The van der Waals surface area contributed by atoms with Gasteiger partial charge in [-0.3, -0.25) is 4.79 Å². The van der Waals surface area contributed by atoms with E-state index in [9.17, 15) is 61.0 Å². The molecule has 3 fully saturated rings. The molecular formula is C58H101NO18. The fourth-order valence-corrected chi connectivity index (χ4v) is 9.51. The molecule has 19 nitrogen and oxygen atoms in total. The molecule has 0 radical (unpaired) electrons. The lowest BCUT2D eigenvalue weighted by atomic mass is 9.96. The smallest absolute Gasteiger partial charge is 0.220 e. The van der Waals surface area contributed by atoms with Crippen molar-refractivity contribution in [2.24, 2.45) is 0 Å². The van der Waals surface area contributed by atoms with Crippen molar-refractivity contribution in [3.8, 4) is 0 Å². The van der Waals surface area contributed by atoms with Gasteiger partial charge in [0, 0.05) is 6.42 Å². The Kier molecular flexibility index (Phi) is 37.0. The van der Waals surface area contributed by atoms with Crippen LogP contribution in [0.4, 0.5) is 0 Å². The van der Waals surface area contributed by atoms with E-state index < -0.39 is 124 Å². The topological polar surface area (TPSA) is 307 Å².